The molecular formula is C59H44N4. The molecule has 0 saturated heterocycles. The van der Waals surface area contributed by atoms with Crippen molar-refractivity contribution in [1.29, 1.82) is 5.41 Å². The van der Waals surface area contributed by atoms with E-state index in [1.165, 1.54) is 21.2 Å². The Labute approximate surface area is 368 Å². The Bertz CT molecular complexity index is 3240. The molecule has 7 aromatic carbocycles. The highest BCUT2D eigenvalue weighted by molar-refractivity contribution is 6.11. The first-order valence-corrected chi connectivity index (χ1v) is 21.2. The summed E-state index contributed by atoms with van der Waals surface area (Å²) in [7, 11) is 0. The molecule has 63 heavy (non-hydrogen) atoms. The van der Waals surface area contributed by atoms with Gasteiger partial charge in [-0.15, -0.1) is 6.42 Å². The van der Waals surface area contributed by atoms with Gasteiger partial charge in [-0.1, -0.05) is 182 Å². The van der Waals surface area contributed by atoms with Crippen LogP contribution in [0.3, 0.4) is 0 Å². The molecule has 0 bridgehead atoms. The minimum atomic E-state index is 0.348. The number of hydrogen-bond donors (Lipinski definition) is 1. The number of benzene rings is 7. The molecule has 0 unspecified atom stereocenters. The van der Waals surface area contributed by atoms with E-state index >= 15 is 0 Å². The molecule has 1 aliphatic carbocycles. The first kappa shape index (κ1) is 40.2. The molecule has 8 aromatic rings. The summed E-state index contributed by atoms with van der Waals surface area (Å²) >= 11 is 0. The molecule has 300 valence electrons. The zero-order valence-electron chi connectivity index (χ0n) is 35.0. The molecule has 9 rings (SSSR count). The fourth-order valence-corrected chi connectivity index (χ4v) is 8.17. The molecule has 4 nitrogen and oxygen atoms in total. The summed E-state index contributed by atoms with van der Waals surface area (Å²) in [5.41, 5.74) is 12.9. The second-order valence-corrected chi connectivity index (χ2v) is 15.5. The average molecular weight is 809 g/mol. The fraction of sp³-hybridized carbons (Fsp3) is 0.0508. The average Bonchev–Trinajstić information content (AvgIpc) is 3.35. The third kappa shape index (κ3) is 8.82. The van der Waals surface area contributed by atoms with E-state index in [0.717, 1.165) is 79.9 Å². The van der Waals surface area contributed by atoms with Crippen molar-refractivity contribution in [1.82, 2.24) is 9.97 Å². The number of hydrogen-bond acceptors (Lipinski definition) is 4. The molecule has 0 atom stereocenters. The molecule has 0 saturated carbocycles. The van der Waals surface area contributed by atoms with E-state index in [2.05, 4.69) is 121 Å². The Morgan fingerprint density at radius 1 is 0.603 bits per heavy atom. The highest BCUT2D eigenvalue weighted by Crippen LogP contribution is 2.38. The van der Waals surface area contributed by atoms with E-state index in [-0.39, 0.29) is 0 Å². The van der Waals surface area contributed by atoms with Crippen LogP contribution in [0.5, 0.6) is 0 Å². The lowest BCUT2D eigenvalue weighted by atomic mass is 9.84. The van der Waals surface area contributed by atoms with Gasteiger partial charge in [0.05, 0.1) is 22.8 Å². The SMILES string of the molecule is C#C/C=C\C=C(/C)C(=N)/C=C(\N=C\c1ccccc1)c1cccc(-c2c(-c3cccc(-c4cc(-c5ccccc5)nc(-c5ccccc5)n4)c3)c3ccccc3c3c2=CCCC=3)c1. The first-order chi connectivity index (χ1) is 31.0. The van der Waals surface area contributed by atoms with E-state index in [1.807, 2.05) is 92.0 Å². The number of rotatable bonds is 11. The molecule has 1 aliphatic rings. The molecule has 1 heterocycles. The van der Waals surface area contributed by atoms with E-state index in [4.69, 9.17) is 26.8 Å². The molecule has 0 fully saturated rings. The maximum Gasteiger partial charge on any atom is 0.160 e. The van der Waals surface area contributed by atoms with Crippen LogP contribution in [0, 0.1) is 17.8 Å². The zero-order chi connectivity index (χ0) is 43.0. The Balaban J connectivity index is 1.25. The second kappa shape index (κ2) is 18.6. The maximum absolute atomic E-state index is 9.07. The van der Waals surface area contributed by atoms with Gasteiger partial charge < -0.3 is 5.41 Å². The number of nitrogens with one attached hydrogen (secondary N) is 1. The van der Waals surface area contributed by atoms with Crippen LogP contribution in [-0.4, -0.2) is 21.9 Å². The van der Waals surface area contributed by atoms with Gasteiger partial charge in [-0.2, -0.15) is 0 Å². The largest absolute Gasteiger partial charge is 0.301 e. The summed E-state index contributed by atoms with van der Waals surface area (Å²) in [5.74, 6) is 3.20. The Morgan fingerprint density at radius 3 is 1.92 bits per heavy atom. The van der Waals surface area contributed by atoms with Crippen molar-refractivity contribution in [2.24, 2.45) is 4.99 Å². The van der Waals surface area contributed by atoms with Crippen molar-refractivity contribution in [3.8, 4) is 68.5 Å². The lowest BCUT2D eigenvalue weighted by Crippen LogP contribution is -2.30. The van der Waals surface area contributed by atoms with Crippen LogP contribution < -0.4 is 10.4 Å². The number of fused-ring (bicyclic) bond motifs is 3. The number of aliphatic imine (C=N–C) groups is 1. The standard InChI is InChI=1S/C59H44N4/c1-3-4-8-21-41(2)53(60)38-54(61-40-42-22-9-5-10-23-42)45-28-19-30-47(36-45)57-51-34-17-15-32-49(51)50-33-16-18-35-52(50)58(57)48-31-20-29-46(37-48)56-39-55(43-24-11-6-12-25-43)62-59(63-56)44-26-13-7-14-27-44/h1,4-14,16,18-40,60H,15,17H2,2H3/b8-4-,41-21+,54-38-,60-53?,61-40+. The molecule has 4 heteroatoms. The molecule has 0 spiro atoms. The van der Waals surface area contributed by atoms with Gasteiger partial charge in [0, 0.05) is 28.5 Å². The second-order valence-electron chi connectivity index (χ2n) is 15.5. The summed E-state index contributed by atoms with van der Waals surface area (Å²) < 4.78 is 0. The molecule has 0 radical (unpaired) electrons. The Kier molecular flexibility index (Phi) is 11.8. The minimum Gasteiger partial charge on any atom is -0.301 e. The van der Waals surface area contributed by atoms with Gasteiger partial charge in [0.2, 0.25) is 0 Å². The van der Waals surface area contributed by atoms with Crippen molar-refractivity contribution in [2.75, 3.05) is 0 Å². The van der Waals surface area contributed by atoms with Crippen molar-refractivity contribution in [3.63, 3.8) is 0 Å². The van der Waals surface area contributed by atoms with E-state index in [1.54, 1.807) is 12.2 Å². The molecule has 1 aromatic heterocycles. The van der Waals surface area contributed by atoms with Gasteiger partial charge in [0.1, 0.15) is 0 Å². The predicted octanol–water partition coefficient (Wildman–Crippen LogP) is 12.9. The van der Waals surface area contributed by atoms with Crippen molar-refractivity contribution >= 4 is 40.5 Å². The van der Waals surface area contributed by atoms with E-state index in [9.17, 15) is 0 Å². The number of allylic oxidation sites excluding steroid dienone is 5. The van der Waals surface area contributed by atoms with E-state index in [0.29, 0.717) is 17.2 Å². The summed E-state index contributed by atoms with van der Waals surface area (Å²) in [6, 6.07) is 58.8. The smallest absolute Gasteiger partial charge is 0.160 e. The van der Waals surface area contributed by atoms with E-state index < -0.39 is 0 Å². The zero-order valence-corrected chi connectivity index (χ0v) is 35.0. The van der Waals surface area contributed by atoms with Gasteiger partial charge in [0.15, 0.2) is 5.82 Å². The Morgan fingerprint density at radius 2 is 1.19 bits per heavy atom. The fourth-order valence-electron chi connectivity index (χ4n) is 8.17. The summed E-state index contributed by atoms with van der Waals surface area (Å²) in [6.07, 6.45) is 21.1. The van der Waals surface area contributed by atoms with Crippen molar-refractivity contribution in [3.05, 3.63) is 221 Å². The van der Waals surface area contributed by atoms with Gasteiger partial charge in [-0.05, 0) is 105 Å². The van der Waals surface area contributed by atoms with Crippen molar-refractivity contribution < 1.29 is 0 Å². The highest BCUT2D eigenvalue weighted by atomic mass is 14.9. The minimum absolute atomic E-state index is 0.348. The number of nitrogens with zero attached hydrogens (tertiary/aromatic N) is 3. The molecule has 0 amide bonds. The lowest BCUT2D eigenvalue weighted by Gasteiger charge is -2.19. The topological polar surface area (TPSA) is 62.0 Å². The van der Waals surface area contributed by atoms with Gasteiger partial charge in [0.25, 0.3) is 0 Å². The third-order valence-electron chi connectivity index (χ3n) is 11.3. The summed E-state index contributed by atoms with van der Waals surface area (Å²) in [5, 5.41) is 14.0. The number of terminal acetylenes is 1. The van der Waals surface area contributed by atoms with Gasteiger partial charge >= 0.3 is 0 Å². The molecule has 1 N–H and O–H groups in total. The quantitative estimate of drug-likeness (QED) is 0.0804. The van der Waals surface area contributed by atoms with Gasteiger partial charge in [-0.3, -0.25) is 4.99 Å². The van der Waals surface area contributed by atoms with Crippen LogP contribution >= 0.6 is 0 Å². The normalized spacial score (nSPS) is 12.8. The molecule has 0 aliphatic heterocycles. The van der Waals surface area contributed by atoms with Crippen LogP contribution in [0.1, 0.15) is 30.9 Å². The van der Waals surface area contributed by atoms with Crippen LogP contribution in [0.15, 0.2) is 205 Å². The van der Waals surface area contributed by atoms with Crippen LogP contribution in [-0.2, 0) is 0 Å². The van der Waals surface area contributed by atoms with Crippen molar-refractivity contribution in [2.45, 2.75) is 19.8 Å². The van der Waals surface area contributed by atoms with Gasteiger partial charge in [-0.25, -0.2) is 9.97 Å². The monoisotopic (exact) mass is 808 g/mol. The molecular weight excluding hydrogens is 765 g/mol. The van der Waals surface area contributed by atoms with Crippen LogP contribution in [0.4, 0.5) is 0 Å². The lowest BCUT2D eigenvalue weighted by molar-refractivity contribution is 1.12. The highest BCUT2D eigenvalue weighted by Gasteiger charge is 2.19. The van der Waals surface area contributed by atoms with Crippen LogP contribution in [0.25, 0.3) is 84.8 Å². The first-order valence-electron chi connectivity index (χ1n) is 21.2. The predicted molar refractivity (Wildman–Crippen MR) is 266 cm³/mol. The van der Waals surface area contributed by atoms with Crippen LogP contribution in [0.2, 0.25) is 0 Å². The Hall–Kier alpha value is -8.26. The third-order valence-corrected chi connectivity index (χ3v) is 11.3. The summed E-state index contributed by atoms with van der Waals surface area (Å²) in [6.45, 7) is 1.91. The maximum atomic E-state index is 9.07. The summed E-state index contributed by atoms with van der Waals surface area (Å²) in [4.78, 5) is 15.3. The number of aromatic nitrogens is 2.